The van der Waals surface area contributed by atoms with Crippen LogP contribution in [-0.2, 0) is 11.3 Å². The second-order valence-corrected chi connectivity index (χ2v) is 6.75. The number of nitrogens with zero attached hydrogens (tertiary/aromatic N) is 5. The van der Waals surface area contributed by atoms with Gasteiger partial charge in [0.1, 0.15) is 11.6 Å². The minimum absolute atomic E-state index is 0. The Bertz CT molecular complexity index is 877. The summed E-state index contributed by atoms with van der Waals surface area (Å²) in [5, 5.41) is 5.94. The molecule has 1 aliphatic heterocycles. The monoisotopic (exact) mass is 545 g/mol. The molecule has 2 aromatic rings. The van der Waals surface area contributed by atoms with Gasteiger partial charge < -0.3 is 20.4 Å². The third-order valence-corrected chi connectivity index (χ3v) is 4.78. The Kier molecular flexibility index (Phi) is 9.82. The van der Waals surface area contributed by atoms with Crippen molar-refractivity contribution >= 4 is 41.8 Å². The number of carbonyl (C=O) groups excluding carboxylic acids is 1. The van der Waals surface area contributed by atoms with Crippen LogP contribution in [0.25, 0.3) is 0 Å². The molecule has 168 valence electrons. The van der Waals surface area contributed by atoms with Gasteiger partial charge in [0, 0.05) is 70.7 Å². The highest BCUT2D eigenvalue weighted by Crippen LogP contribution is 2.11. The first-order valence-electron chi connectivity index (χ1n) is 9.75. The molecule has 3 rings (SSSR count). The van der Waals surface area contributed by atoms with Gasteiger partial charge in [0.05, 0.1) is 0 Å². The lowest BCUT2D eigenvalue weighted by Gasteiger charge is -2.34. The van der Waals surface area contributed by atoms with Crippen molar-refractivity contribution in [2.45, 2.75) is 13.0 Å². The Morgan fingerprint density at radius 1 is 1.13 bits per heavy atom. The van der Waals surface area contributed by atoms with E-state index in [9.17, 15) is 13.6 Å². The predicted octanol–water partition coefficient (Wildman–Crippen LogP) is 1.78. The maximum Gasteiger partial charge on any atom is 0.225 e. The summed E-state index contributed by atoms with van der Waals surface area (Å²) < 4.78 is 26.9. The van der Waals surface area contributed by atoms with Crippen LogP contribution < -0.4 is 15.5 Å². The number of piperazine rings is 1. The number of benzene rings is 1. The molecule has 1 saturated heterocycles. The Morgan fingerprint density at radius 2 is 1.84 bits per heavy atom. The largest absolute Gasteiger partial charge is 0.356 e. The van der Waals surface area contributed by atoms with Crippen LogP contribution in [0.4, 0.5) is 14.7 Å². The number of guanidine groups is 1. The maximum absolute atomic E-state index is 13.7. The number of hydrogen-bond donors (Lipinski definition) is 2. The van der Waals surface area contributed by atoms with E-state index in [2.05, 4.69) is 30.5 Å². The fourth-order valence-electron chi connectivity index (χ4n) is 3.13. The van der Waals surface area contributed by atoms with Gasteiger partial charge in [0.15, 0.2) is 5.96 Å². The molecular formula is C20H26F2IN7O. The van der Waals surface area contributed by atoms with Crippen LogP contribution in [0.3, 0.4) is 0 Å². The average Bonchev–Trinajstić information content (AvgIpc) is 2.78. The van der Waals surface area contributed by atoms with Crippen LogP contribution >= 0.6 is 24.0 Å². The number of halogens is 3. The van der Waals surface area contributed by atoms with E-state index in [1.807, 2.05) is 4.90 Å². The molecule has 0 saturated carbocycles. The highest BCUT2D eigenvalue weighted by atomic mass is 127. The van der Waals surface area contributed by atoms with E-state index < -0.39 is 11.6 Å². The predicted molar refractivity (Wildman–Crippen MR) is 125 cm³/mol. The number of carbonyl (C=O) groups is 1. The Morgan fingerprint density at radius 3 is 2.52 bits per heavy atom. The Labute approximate surface area is 197 Å². The molecule has 8 nitrogen and oxygen atoms in total. The van der Waals surface area contributed by atoms with Gasteiger partial charge in [-0.25, -0.2) is 18.7 Å². The summed E-state index contributed by atoms with van der Waals surface area (Å²) in [5.74, 6) is 0.145. The molecule has 1 amide bonds. The van der Waals surface area contributed by atoms with Crippen molar-refractivity contribution < 1.29 is 13.6 Å². The average molecular weight is 545 g/mol. The van der Waals surface area contributed by atoms with E-state index in [4.69, 9.17) is 0 Å². The second-order valence-electron chi connectivity index (χ2n) is 6.75. The lowest BCUT2D eigenvalue weighted by molar-refractivity contribution is -0.131. The zero-order valence-electron chi connectivity index (χ0n) is 17.2. The minimum Gasteiger partial charge on any atom is -0.356 e. The fourth-order valence-corrected chi connectivity index (χ4v) is 3.13. The van der Waals surface area contributed by atoms with Crippen LogP contribution in [-0.4, -0.2) is 66.5 Å². The highest BCUT2D eigenvalue weighted by Gasteiger charge is 2.22. The summed E-state index contributed by atoms with van der Waals surface area (Å²) in [6, 6.07) is 5.07. The van der Waals surface area contributed by atoms with Crippen molar-refractivity contribution in [3.05, 3.63) is 53.9 Å². The third-order valence-electron chi connectivity index (χ3n) is 4.78. The van der Waals surface area contributed by atoms with Gasteiger partial charge in [0.2, 0.25) is 11.9 Å². The molecule has 0 radical (unpaired) electrons. The molecular weight excluding hydrogens is 519 g/mol. The van der Waals surface area contributed by atoms with Crippen LogP contribution in [0.2, 0.25) is 0 Å². The first kappa shape index (κ1) is 24.7. The molecule has 0 atom stereocenters. The van der Waals surface area contributed by atoms with Gasteiger partial charge in [-0.05, 0) is 24.3 Å². The van der Waals surface area contributed by atoms with Crippen LogP contribution in [0.5, 0.6) is 0 Å². The molecule has 0 spiro atoms. The number of hydrogen-bond acceptors (Lipinski definition) is 5. The van der Waals surface area contributed by atoms with E-state index in [0.717, 1.165) is 18.2 Å². The molecule has 1 aromatic carbocycles. The first-order valence-corrected chi connectivity index (χ1v) is 9.75. The van der Waals surface area contributed by atoms with Crippen molar-refractivity contribution in [2.24, 2.45) is 4.99 Å². The van der Waals surface area contributed by atoms with Crippen molar-refractivity contribution in [3.8, 4) is 0 Å². The van der Waals surface area contributed by atoms with E-state index >= 15 is 0 Å². The molecule has 1 aromatic heterocycles. The zero-order valence-corrected chi connectivity index (χ0v) is 19.6. The topological polar surface area (TPSA) is 85.8 Å². The molecule has 1 fully saturated rings. The van der Waals surface area contributed by atoms with Crippen LogP contribution in [0.1, 0.15) is 12.0 Å². The van der Waals surface area contributed by atoms with Gasteiger partial charge in [-0.2, -0.15) is 0 Å². The summed E-state index contributed by atoms with van der Waals surface area (Å²) >= 11 is 0. The fraction of sp³-hybridized carbons (Fsp3) is 0.400. The summed E-state index contributed by atoms with van der Waals surface area (Å²) in [4.78, 5) is 28.8. The normalized spacial score (nSPS) is 14.1. The van der Waals surface area contributed by atoms with Crippen molar-refractivity contribution in [1.82, 2.24) is 25.5 Å². The van der Waals surface area contributed by atoms with Gasteiger partial charge in [-0.1, -0.05) is 0 Å². The van der Waals surface area contributed by atoms with Gasteiger partial charge >= 0.3 is 0 Å². The van der Waals surface area contributed by atoms with Gasteiger partial charge in [-0.15, -0.1) is 24.0 Å². The Hall–Kier alpha value is -2.57. The van der Waals surface area contributed by atoms with E-state index in [1.165, 1.54) is 0 Å². The minimum atomic E-state index is -0.499. The van der Waals surface area contributed by atoms with Gasteiger partial charge in [-0.3, -0.25) is 9.79 Å². The standard InChI is InChI=1S/C20H25F2N7O.HI/c1-23-19(27-14-15-13-16(21)3-4-17(15)22)24-8-5-18(30)28-9-11-29(12-10-28)20-25-6-2-7-26-20;/h2-4,6-7,13H,5,8-12,14H2,1H3,(H2,23,24,27);1H. The molecule has 2 N–H and O–H groups in total. The Balaban J connectivity index is 0.00000341. The molecule has 11 heteroatoms. The molecule has 1 aliphatic rings. The lowest BCUT2D eigenvalue weighted by Crippen LogP contribution is -2.50. The quantitative estimate of drug-likeness (QED) is 0.327. The molecule has 31 heavy (non-hydrogen) atoms. The smallest absolute Gasteiger partial charge is 0.225 e. The number of amides is 1. The number of aliphatic imine (C=N–C) groups is 1. The van der Waals surface area contributed by atoms with Crippen molar-refractivity contribution in [3.63, 3.8) is 0 Å². The SMILES string of the molecule is CN=C(NCCC(=O)N1CCN(c2ncccn2)CC1)NCc1cc(F)ccc1F.I. The maximum atomic E-state index is 13.7. The lowest BCUT2D eigenvalue weighted by atomic mass is 10.2. The summed E-state index contributed by atoms with van der Waals surface area (Å²) in [6.45, 7) is 3.07. The van der Waals surface area contributed by atoms with Gasteiger partial charge in [0.25, 0.3) is 0 Å². The van der Waals surface area contributed by atoms with Crippen molar-refractivity contribution in [1.29, 1.82) is 0 Å². The third kappa shape index (κ3) is 7.26. The second kappa shape index (κ2) is 12.3. The summed E-state index contributed by atoms with van der Waals surface area (Å²) in [7, 11) is 1.57. The molecule has 0 bridgehead atoms. The van der Waals surface area contributed by atoms with E-state index in [-0.39, 0.29) is 42.0 Å². The number of nitrogens with one attached hydrogen (secondary N) is 2. The number of aromatic nitrogens is 2. The van der Waals surface area contributed by atoms with E-state index in [0.29, 0.717) is 51.1 Å². The number of anilines is 1. The first-order chi connectivity index (χ1) is 14.6. The summed E-state index contributed by atoms with van der Waals surface area (Å²) in [6.07, 6.45) is 3.71. The van der Waals surface area contributed by atoms with E-state index in [1.54, 1.807) is 25.5 Å². The summed E-state index contributed by atoms with van der Waals surface area (Å²) in [5.41, 5.74) is 0.203. The molecule has 0 aliphatic carbocycles. The zero-order chi connectivity index (χ0) is 21.3. The van der Waals surface area contributed by atoms with Crippen LogP contribution in [0, 0.1) is 11.6 Å². The molecule has 0 unspecified atom stereocenters. The van der Waals surface area contributed by atoms with Crippen molar-refractivity contribution in [2.75, 3.05) is 44.7 Å². The van der Waals surface area contributed by atoms with Crippen LogP contribution in [0.15, 0.2) is 41.7 Å². The molecule has 2 heterocycles. The number of rotatable bonds is 6. The highest BCUT2D eigenvalue weighted by molar-refractivity contribution is 14.0.